The van der Waals surface area contributed by atoms with Crippen LogP contribution in [0.4, 0.5) is 4.79 Å². The van der Waals surface area contributed by atoms with Gasteiger partial charge in [0.15, 0.2) is 0 Å². The van der Waals surface area contributed by atoms with Gasteiger partial charge in [0.25, 0.3) is 0 Å². The molecular formula is C14H19NO2. The summed E-state index contributed by atoms with van der Waals surface area (Å²) in [5, 5.41) is 0. The van der Waals surface area contributed by atoms with Crippen LogP contribution < -0.4 is 0 Å². The molecule has 1 rings (SSSR count). The first-order valence-corrected chi connectivity index (χ1v) is 5.84. The molecule has 0 spiro atoms. The number of amides is 1. The van der Waals surface area contributed by atoms with Crippen molar-refractivity contribution in [2.24, 2.45) is 0 Å². The number of carbonyl (C=O) groups excluding carboxylic acids is 1. The van der Waals surface area contributed by atoms with Crippen LogP contribution in [0.3, 0.4) is 0 Å². The molecule has 1 amide bonds. The number of carbonyl (C=O) groups is 1. The molecule has 0 unspecified atom stereocenters. The van der Waals surface area contributed by atoms with Crippen LogP contribution >= 0.6 is 0 Å². The van der Waals surface area contributed by atoms with Gasteiger partial charge in [0.05, 0.1) is 0 Å². The van der Waals surface area contributed by atoms with Gasteiger partial charge >= 0.3 is 6.09 Å². The van der Waals surface area contributed by atoms with Gasteiger partial charge in [0.2, 0.25) is 0 Å². The number of nitrogens with zero attached hydrogens (tertiary/aromatic N) is 1. The van der Waals surface area contributed by atoms with Crippen molar-refractivity contribution in [3.63, 3.8) is 0 Å². The largest absolute Gasteiger partial charge is 0.445 e. The van der Waals surface area contributed by atoms with Gasteiger partial charge in [-0.3, -0.25) is 0 Å². The third kappa shape index (κ3) is 4.72. The van der Waals surface area contributed by atoms with Crippen molar-refractivity contribution in [1.29, 1.82) is 0 Å². The van der Waals surface area contributed by atoms with Gasteiger partial charge in [0.1, 0.15) is 6.61 Å². The van der Waals surface area contributed by atoms with Gasteiger partial charge in [-0.2, -0.15) is 0 Å². The zero-order chi connectivity index (χ0) is 12.5. The topological polar surface area (TPSA) is 29.5 Å². The Hall–Kier alpha value is -1.77. The summed E-state index contributed by atoms with van der Waals surface area (Å²) in [7, 11) is 0. The minimum absolute atomic E-state index is 0.282. The third-order valence-electron chi connectivity index (χ3n) is 2.31. The van der Waals surface area contributed by atoms with E-state index in [2.05, 4.69) is 6.58 Å². The highest BCUT2D eigenvalue weighted by molar-refractivity contribution is 5.67. The van der Waals surface area contributed by atoms with Crippen molar-refractivity contribution in [3.8, 4) is 0 Å². The molecule has 0 fully saturated rings. The minimum Gasteiger partial charge on any atom is -0.445 e. The summed E-state index contributed by atoms with van der Waals surface area (Å²) in [6.45, 7) is 7.20. The van der Waals surface area contributed by atoms with Crippen LogP contribution in [-0.4, -0.2) is 24.1 Å². The molecule has 0 atom stereocenters. The molecule has 0 saturated carbocycles. The summed E-state index contributed by atoms with van der Waals surface area (Å²) in [6, 6.07) is 9.66. The first kappa shape index (κ1) is 13.3. The standard InChI is InChI=1S/C14H19NO2/c1-3-10-15(11-4-2)14(16)17-12-13-8-6-5-7-9-13/h3,5-9H,1,4,10-12H2,2H3. The van der Waals surface area contributed by atoms with E-state index in [1.54, 1.807) is 11.0 Å². The third-order valence-corrected chi connectivity index (χ3v) is 2.31. The molecule has 1 aromatic carbocycles. The van der Waals surface area contributed by atoms with Gasteiger partial charge in [-0.15, -0.1) is 6.58 Å². The number of benzene rings is 1. The number of ether oxygens (including phenoxy) is 1. The normalized spacial score (nSPS) is 9.71. The van der Waals surface area contributed by atoms with Crippen molar-refractivity contribution >= 4 is 6.09 Å². The van der Waals surface area contributed by atoms with Gasteiger partial charge < -0.3 is 9.64 Å². The van der Waals surface area contributed by atoms with Crippen molar-refractivity contribution in [2.45, 2.75) is 20.0 Å². The van der Waals surface area contributed by atoms with Crippen LogP contribution in [0.25, 0.3) is 0 Å². The average Bonchev–Trinajstić information content (AvgIpc) is 2.37. The molecule has 92 valence electrons. The Morgan fingerprint density at radius 1 is 1.41 bits per heavy atom. The van der Waals surface area contributed by atoms with Crippen LogP contribution in [-0.2, 0) is 11.3 Å². The molecule has 3 heteroatoms. The second kappa shape index (κ2) is 7.49. The molecule has 0 aliphatic carbocycles. The van der Waals surface area contributed by atoms with E-state index >= 15 is 0 Å². The Morgan fingerprint density at radius 2 is 2.12 bits per heavy atom. The van der Waals surface area contributed by atoms with E-state index in [1.807, 2.05) is 37.3 Å². The monoisotopic (exact) mass is 233 g/mol. The predicted molar refractivity (Wildman–Crippen MR) is 68.7 cm³/mol. The maximum Gasteiger partial charge on any atom is 0.410 e. The Bertz CT molecular complexity index is 348. The molecule has 0 saturated heterocycles. The highest BCUT2D eigenvalue weighted by atomic mass is 16.6. The van der Waals surface area contributed by atoms with Crippen molar-refractivity contribution < 1.29 is 9.53 Å². The summed E-state index contributed by atoms with van der Waals surface area (Å²) < 4.78 is 5.23. The van der Waals surface area contributed by atoms with Gasteiger partial charge in [0, 0.05) is 13.1 Å². The molecule has 0 radical (unpaired) electrons. The lowest BCUT2D eigenvalue weighted by molar-refractivity contribution is 0.100. The average molecular weight is 233 g/mol. The Balaban J connectivity index is 2.44. The zero-order valence-corrected chi connectivity index (χ0v) is 10.3. The van der Waals surface area contributed by atoms with E-state index in [9.17, 15) is 4.79 Å². The minimum atomic E-state index is -0.282. The maximum atomic E-state index is 11.8. The summed E-state index contributed by atoms with van der Waals surface area (Å²) in [5.41, 5.74) is 0.996. The van der Waals surface area contributed by atoms with E-state index in [1.165, 1.54) is 0 Å². The molecule has 0 bridgehead atoms. The van der Waals surface area contributed by atoms with Gasteiger partial charge in [-0.25, -0.2) is 4.79 Å². The van der Waals surface area contributed by atoms with Crippen LogP contribution in [0.2, 0.25) is 0 Å². The first-order chi connectivity index (χ1) is 8.27. The summed E-state index contributed by atoms with van der Waals surface area (Å²) in [5.74, 6) is 0. The van der Waals surface area contributed by atoms with E-state index in [0.29, 0.717) is 19.7 Å². The molecule has 0 aliphatic heterocycles. The van der Waals surface area contributed by atoms with E-state index in [0.717, 1.165) is 12.0 Å². The van der Waals surface area contributed by atoms with Crippen LogP contribution in [0.1, 0.15) is 18.9 Å². The number of hydrogen-bond acceptors (Lipinski definition) is 2. The molecule has 0 aliphatic rings. The van der Waals surface area contributed by atoms with Gasteiger partial charge in [-0.05, 0) is 12.0 Å². The highest BCUT2D eigenvalue weighted by Gasteiger charge is 2.12. The smallest absolute Gasteiger partial charge is 0.410 e. The lowest BCUT2D eigenvalue weighted by Gasteiger charge is -2.19. The molecule has 0 N–H and O–H groups in total. The van der Waals surface area contributed by atoms with Crippen LogP contribution in [0.15, 0.2) is 43.0 Å². The maximum absolute atomic E-state index is 11.8. The molecular weight excluding hydrogens is 214 g/mol. The quantitative estimate of drug-likeness (QED) is 0.706. The van der Waals surface area contributed by atoms with Crippen molar-refractivity contribution in [2.75, 3.05) is 13.1 Å². The Kier molecular flexibility index (Phi) is 5.86. The fraction of sp³-hybridized carbons (Fsp3) is 0.357. The molecule has 0 aromatic heterocycles. The van der Waals surface area contributed by atoms with Crippen molar-refractivity contribution in [1.82, 2.24) is 4.90 Å². The summed E-state index contributed by atoms with van der Waals surface area (Å²) in [4.78, 5) is 13.4. The van der Waals surface area contributed by atoms with Crippen molar-refractivity contribution in [3.05, 3.63) is 48.6 Å². The number of rotatable bonds is 6. The summed E-state index contributed by atoms with van der Waals surface area (Å²) >= 11 is 0. The molecule has 0 heterocycles. The Morgan fingerprint density at radius 3 is 2.71 bits per heavy atom. The highest BCUT2D eigenvalue weighted by Crippen LogP contribution is 2.03. The fourth-order valence-corrected chi connectivity index (χ4v) is 1.49. The second-order valence-electron chi connectivity index (χ2n) is 3.77. The zero-order valence-electron chi connectivity index (χ0n) is 10.3. The van der Waals surface area contributed by atoms with E-state index < -0.39 is 0 Å². The first-order valence-electron chi connectivity index (χ1n) is 5.84. The predicted octanol–water partition coefficient (Wildman–Crippen LogP) is 3.22. The molecule has 3 nitrogen and oxygen atoms in total. The lowest BCUT2D eigenvalue weighted by atomic mass is 10.2. The van der Waals surface area contributed by atoms with E-state index in [-0.39, 0.29) is 6.09 Å². The van der Waals surface area contributed by atoms with Gasteiger partial charge in [-0.1, -0.05) is 43.3 Å². The van der Waals surface area contributed by atoms with E-state index in [4.69, 9.17) is 4.74 Å². The SMILES string of the molecule is C=CCN(CCC)C(=O)OCc1ccccc1. The molecule has 1 aromatic rings. The Labute approximate surface area is 103 Å². The molecule has 17 heavy (non-hydrogen) atoms. The fourth-order valence-electron chi connectivity index (χ4n) is 1.49. The summed E-state index contributed by atoms with van der Waals surface area (Å²) in [6.07, 6.45) is 2.34. The van der Waals surface area contributed by atoms with Crippen LogP contribution in [0.5, 0.6) is 0 Å². The van der Waals surface area contributed by atoms with Crippen LogP contribution in [0, 0.1) is 0 Å². The lowest BCUT2D eigenvalue weighted by Crippen LogP contribution is -2.32. The second-order valence-corrected chi connectivity index (χ2v) is 3.77. The number of hydrogen-bond donors (Lipinski definition) is 0.